The number of ether oxygens (including phenoxy) is 1. The molecular formula is C18H21N3O4. The van der Waals surface area contributed by atoms with Crippen LogP contribution in [0.1, 0.15) is 36.5 Å². The second kappa shape index (κ2) is 6.96. The van der Waals surface area contributed by atoms with Gasteiger partial charge in [-0.15, -0.1) is 0 Å². The van der Waals surface area contributed by atoms with Crippen molar-refractivity contribution in [2.75, 3.05) is 13.1 Å². The first-order chi connectivity index (χ1) is 12.0. The van der Waals surface area contributed by atoms with Gasteiger partial charge in [-0.1, -0.05) is 6.92 Å². The van der Waals surface area contributed by atoms with E-state index in [1.54, 1.807) is 12.3 Å². The molecule has 0 bridgehead atoms. The van der Waals surface area contributed by atoms with Gasteiger partial charge in [0.05, 0.1) is 17.6 Å². The van der Waals surface area contributed by atoms with Crippen molar-refractivity contribution in [2.24, 2.45) is 5.73 Å². The minimum Gasteiger partial charge on any atom is -0.507 e. The Morgan fingerprint density at radius 1 is 1.44 bits per heavy atom. The summed E-state index contributed by atoms with van der Waals surface area (Å²) < 4.78 is 6.09. The zero-order valence-corrected chi connectivity index (χ0v) is 14.1. The van der Waals surface area contributed by atoms with Crippen molar-refractivity contribution in [2.45, 2.75) is 32.3 Å². The molecule has 7 heteroatoms. The third kappa shape index (κ3) is 3.50. The topological polar surface area (TPSA) is 106 Å². The third-order valence-corrected chi connectivity index (χ3v) is 4.41. The Bertz CT molecular complexity index is 821. The van der Waals surface area contributed by atoms with E-state index < -0.39 is 5.91 Å². The minimum atomic E-state index is -0.714. The molecule has 0 aliphatic carbocycles. The van der Waals surface area contributed by atoms with Gasteiger partial charge >= 0.3 is 0 Å². The van der Waals surface area contributed by atoms with Crippen molar-refractivity contribution in [3.05, 3.63) is 30.0 Å². The number of phenols is 1. The van der Waals surface area contributed by atoms with E-state index in [-0.39, 0.29) is 23.3 Å². The minimum absolute atomic E-state index is 0.0227. The molecule has 25 heavy (non-hydrogen) atoms. The molecule has 1 atom stereocenters. The zero-order valence-electron chi connectivity index (χ0n) is 14.1. The van der Waals surface area contributed by atoms with Gasteiger partial charge < -0.3 is 20.5 Å². The molecule has 2 aromatic rings. The van der Waals surface area contributed by atoms with E-state index in [0.29, 0.717) is 29.6 Å². The van der Waals surface area contributed by atoms with Crippen LogP contribution in [0, 0.1) is 0 Å². The Balaban J connectivity index is 1.87. The van der Waals surface area contributed by atoms with Crippen molar-refractivity contribution in [3.8, 4) is 11.5 Å². The molecule has 1 aliphatic rings. The number of aromatic hydroxyl groups is 1. The highest BCUT2D eigenvalue weighted by Gasteiger charge is 2.24. The van der Waals surface area contributed by atoms with Crippen molar-refractivity contribution >= 4 is 22.7 Å². The first-order valence-electron chi connectivity index (χ1n) is 8.35. The molecule has 3 rings (SSSR count). The maximum atomic E-state index is 11.9. The summed E-state index contributed by atoms with van der Waals surface area (Å²) in [6, 6.07) is 4.61. The molecule has 0 spiro atoms. The number of benzene rings is 1. The second-order valence-corrected chi connectivity index (χ2v) is 6.14. The Labute approximate surface area is 145 Å². The lowest BCUT2D eigenvalue weighted by molar-refractivity contribution is -0.133. The summed E-state index contributed by atoms with van der Waals surface area (Å²) >= 11 is 0. The molecule has 7 nitrogen and oxygen atoms in total. The number of nitrogens with two attached hydrogens (primary N) is 1. The van der Waals surface area contributed by atoms with Crippen LogP contribution in [0.2, 0.25) is 0 Å². The van der Waals surface area contributed by atoms with Crippen LogP contribution in [0.4, 0.5) is 0 Å². The fourth-order valence-corrected chi connectivity index (χ4v) is 3.12. The fraction of sp³-hybridized carbons (Fsp3) is 0.389. The van der Waals surface area contributed by atoms with E-state index in [1.807, 2.05) is 11.8 Å². The van der Waals surface area contributed by atoms with Crippen molar-refractivity contribution < 1.29 is 19.4 Å². The van der Waals surface area contributed by atoms with E-state index in [2.05, 4.69) is 4.98 Å². The number of amides is 2. The third-order valence-electron chi connectivity index (χ3n) is 4.41. The van der Waals surface area contributed by atoms with Crippen LogP contribution in [-0.2, 0) is 4.79 Å². The van der Waals surface area contributed by atoms with E-state index >= 15 is 0 Å². The molecular weight excluding hydrogens is 322 g/mol. The van der Waals surface area contributed by atoms with Gasteiger partial charge in [-0.25, -0.2) is 0 Å². The maximum absolute atomic E-state index is 11.9. The average Bonchev–Trinajstić information content (AvgIpc) is 2.61. The number of hydrogen-bond acceptors (Lipinski definition) is 5. The quantitative estimate of drug-likeness (QED) is 0.881. The molecule has 1 unspecified atom stereocenters. The van der Waals surface area contributed by atoms with Gasteiger partial charge in [0, 0.05) is 24.5 Å². The van der Waals surface area contributed by atoms with Crippen LogP contribution < -0.4 is 10.5 Å². The van der Waals surface area contributed by atoms with Gasteiger partial charge in [-0.05, 0) is 31.0 Å². The lowest BCUT2D eigenvalue weighted by atomic mass is 10.1. The van der Waals surface area contributed by atoms with Crippen LogP contribution in [0.3, 0.4) is 0 Å². The van der Waals surface area contributed by atoms with Gasteiger partial charge in [0.2, 0.25) is 5.91 Å². The summed E-state index contributed by atoms with van der Waals surface area (Å²) in [7, 11) is 0. The lowest BCUT2D eigenvalue weighted by Gasteiger charge is -2.33. The maximum Gasteiger partial charge on any atom is 0.252 e. The predicted molar refractivity (Wildman–Crippen MR) is 92.4 cm³/mol. The first-order valence-corrected chi connectivity index (χ1v) is 8.35. The van der Waals surface area contributed by atoms with E-state index in [4.69, 9.17) is 10.5 Å². The molecule has 1 saturated heterocycles. The lowest BCUT2D eigenvalue weighted by Crippen LogP contribution is -2.44. The highest BCUT2D eigenvalue weighted by Crippen LogP contribution is 2.31. The number of primary amides is 1. The molecule has 1 aromatic carbocycles. The Kier molecular flexibility index (Phi) is 4.74. The predicted octanol–water partition coefficient (Wildman–Crippen LogP) is 1.82. The van der Waals surface area contributed by atoms with E-state index in [0.717, 1.165) is 19.4 Å². The number of piperidine rings is 1. The summed E-state index contributed by atoms with van der Waals surface area (Å²) in [5.41, 5.74) is 5.79. The summed E-state index contributed by atoms with van der Waals surface area (Å²) in [5, 5.41) is 10.6. The number of hydrogen-bond donors (Lipinski definition) is 2. The van der Waals surface area contributed by atoms with E-state index in [9.17, 15) is 14.7 Å². The van der Waals surface area contributed by atoms with Gasteiger partial charge in [0.15, 0.2) is 0 Å². The van der Waals surface area contributed by atoms with Crippen molar-refractivity contribution in [1.82, 2.24) is 9.88 Å². The molecule has 2 heterocycles. The Morgan fingerprint density at radius 2 is 2.24 bits per heavy atom. The Morgan fingerprint density at radius 3 is 2.96 bits per heavy atom. The number of carbonyl (C=O) groups excluding carboxylic acids is 2. The largest absolute Gasteiger partial charge is 0.507 e. The molecule has 0 radical (unpaired) electrons. The molecule has 3 N–H and O–H groups in total. The van der Waals surface area contributed by atoms with Gasteiger partial charge in [-0.3, -0.25) is 14.6 Å². The Hall–Kier alpha value is -2.83. The van der Waals surface area contributed by atoms with Gasteiger partial charge in [0.25, 0.3) is 5.91 Å². The number of pyridine rings is 1. The van der Waals surface area contributed by atoms with Crippen molar-refractivity contribution in [3.63, 3.8) is 0 Å². The molecule has 0 saturated carbocycles. The molecule has 2 amide bonds. The number of likely N-dealkylation sites (tertiary alicyclic amines) is 1. The summed E-state index contributed by atoms with van der Waals surface area (Å²) in [6.07, 6.45) is 3.68. The number of fused-ring (bicyclic) bond motifs is 1. The highest BCUT2D eigenvalue weighted by molar-refractivity contribution is 6.00. The molecule has 1 fully saturated rings. The number of nitrogens with zero attached hydrogens (tertiary/aromatic N) is 2. The monoisotopic (exact) mass is 343 g/mol. The van der Waals surface area contributed by atoms with Gasteiger partial charge in [0.1, 0.15) is 17.6 Å². The normalized spacial score (nSPS) is 17.5. The standard InChI is InChI=1S/C18H21N3O4/c1-2-17(23)21-7-3-4-11(10-21)25-16-5-6-20-14-8-13(18(19)24)15(22)9-12(14)16/h5-6,8-9,11,22H,2-4,7,10H2,1H3,(H2,19,24). The summed E-state index contributed by atoms with van der Waals surface area (Å²) in [4.78, 5) is 29.3. The molecule has 132 valence electrons. The molecule has 1 aliphatic heterocycles. The zero-order chi connectivity index (χ0) is 18.0. The number of carbonyl (C=O) groups is 2. The van der Waals surface area contributed by atoms with Crippen LogP contribution in [-0.4, -0.2) is 46.0 Å². The molecule has 1 aromatic heterocycles. The summed E-state index contributed by atoms with van der Waals surface area (Å²) in [6.45, 7) is 3.15. The SMILES string of the molecule is CCC(=O)N1CCCC(Oc2ccnc3cc(C(N)=O)c(O)cc23)C1. The summed E-state index contributed by atoms with van der Waals surface area (Å²) in [5.74, 6) is -0.235. The van der Waals surface area contributed by atoms with Crippen molar-refractivity contribution in [1.29, 1.82) is 0 Å². The van der Waals surface area contributed by atoms with Gasteiger partial charge in [-0.2, -0.15) is 0 Å². The number of rotatable bonds is 4. The second-order valence-electron chi connectivity index (χ2n) is 6.14. The highest BCUT2D eigenvalue weighted by atomic mass is 16.5. The van der Waals surface area contributed by atoms with Crippen LogP contribution >= 0.6 is 0 Å². The average molecular weight is 343 g/mol. The smallest absolute Gasteiger partial charge is 0.252 e. The first kappa shape index (κ1) is 17.0. The van der Waals surface area contributed by atoms with Crippen LogP contribution in [0.5, 0.6) is 11.5 Å². The van der Waals surface area contributed by atoms with E-state index in [1.165, 1.54) is 12.1 Å². The van der Waals surface area contributed by atoms with Crippen LogP contribution in [0.15, 0.2) is 24.4 Å². The number of aromatic nitrogens is 1. The fourth-order valence-electron chi connectivity index (χ4n) is 3.12. The van der Waals surface area contributed by atoms with Crippen LogP contribution in [0.25, 0.3) is 10.9 Å².